The maximum absolute atomic E-state index is 12.9. The molecule has 0 aliphatic carbocycles. The highest BCUT2D eigenvalue weighted by Gasteiger charge is 2.34. The molecule has 0 spiro atoms. The van der Waals surface area contributed by atoms with E-state index in [1.54, 1.807) is 31.3 Å². The van der Waals surface area contributed by atoms with Gasteiger partial charge >= 0.3 is 0 Å². The Morgan fingerprint density at radius 3 is 2.76 bits per heavy atom. The van der Waals surface area contributed by atoms with Crippen molar-refractivity contribution in [3.05, 3.63) is 48.2 Å². The van der Waals surface area contributed by atoms with Gasteiger partial charge in [0.25, 0.3) is 0 Å². The second-order valence-corrected chi connectivity index (χ2v) is 8.26. The fourth-order valence-electron chi connectivity index (χ4n) is 3.26. The lowest BCUT2D eigenvalue weighted by Crippen LogP contribution is -2.48. The van der Waals surface area contributed by atoms with Crippen LogP contribution in [0.25, 0.3) is 0 Å². The van der Waals surface area contributed by atoms with E-state index in [2.05, 4.69) is 4.57 Å². The number of fused-ring (bicyclic) bond motifs is 1. The number of sulfonamides is 1. The summed E-state index contributed by atoms with van der Waals surface area (Å²) in [6.07, 6.45) is 5.21. The minimum absolute atomic E-state index is 0.0118. The molecular formula is C17H23N3O4S. The number of hydrogen-bond acceptors (Lipinski definition) is 4. The first-order valence-electron chi connectivity index (χ1n) is 8.42. The summed E-state index contributed by atoms with van der Waals surface area (Å²) in [7, 11) is -3.40. The van der Waals surface area contributed by atoms with E-state index in [1.807, 2.05) is 24.4 Å². The van der Waals surface area contributed by atoms with E-state index >= 15 is 0 Å². The van der Waals surface area contributed by atoms with Gasteiger partial charge in [0.15, 0.2) is 0 Å². The summed E-state index contributed by atoms with van der Waals surface area (Å²) in [5, 5.41) is 0. The van der Waals surface area contributed by atoms with Crippen molar-refractivity contribution in [1.29, 1.82) is 0 Å². The Balaban J connectivity index is 1.89. The third kappa shape index (κ3) is 3.36. The van der Waals surface area contributed by atoms with Gasteiger partial charge in [-0.2, -0.15) is 4.31 Å². The van der Waals surface area contributed by atoms with Crippen LogP contribution in [0.1, 0.15) is 31.1 Å². The van der Waals surface area contributed by atoms with Crippen molar-refractivity contribution in [1.82, 2.24) is 13.8 Å². The number of nitrogens with zero attached hydrogens (tertiary/aromatic N) is 3. The number of furan rings is 1. The van der Waals surface area contributed by atoms with Crippen molar-refractivity contribution in [2.75, 3.05) is 25.4 Å². The monoisotopic (exact) mass is 365 g/mol. The SMILES string of the molecule is CCN(CC(=O)N1CCn2cccc2C1c1ccoc1)S(=O)(=O)CC. The summed E-state index contributed by atoms with van der Waals surface area (Å²) in [5.41, 5.74) is 1.89. The van der Waals surface area contributed by atoms with E-state index < -0.39 is 10.0 Å². The van der Waals surface area contributed by atoms with E-state index in [0.29, 0.717) is 13.1 Å². The van der Waals surface area contributed by atoms with Crippen LogP contribution in [0.3, 0.4) is 0 Å². The average molecular weight is 365 g/mol. The molecule has 0 saturated carbocycles. The second-order valence-electron chi connectivity index (χ2n) is 6.00. The van der Waals surface area contributed by atoms with E-state index in [4.69, 9.17) is 4.42 Å². The van der Waals surface area contributed by atoms with Crippen molar-refractivity contribution >= 4 is 15.9 Å². The Hall–Kier alpha value is -2.06. The highest BCUT2D eigenvalue weighted by Crippen LogP contribution is 2.32. The molecule has 1 aliphatic rings. The van der Waals surface area contributed by atoms with Gasteiger partial charge in [0.2, 0.25) is 15.9 Å². The average Bonchev–Trinajstić information content (AvgIpc) is 3.29. The molecule has 25 heavy (non-hydrogen) atoms. The fraction of sp³-hybridized carbons (Fsp3) is 0.471. The van der Waals surface area contributed by atoms with Crippen molar-refractivity contribution in [2.24, 2.45) is 0 Å². The third-order valence-corrected chi connectivity index (χ3v) is 6.54. The molecule has 3 rings (SSSR count). The van der Waals surface area contributed by atoms with E-state index in [9.17, 15) is 13.2 Å². The van der Waals surface area contributed by atoms with Crippen LogP contribution in [0.2, 0.25) is 0 Å². The third-order valence-electron chi connectivity index (χ3n) is 4.64. The zero-order chi connectivity index (χ0) is 18.0. The molecule has 8 heteroatoms. The van der Waals surface area contributed by atoms with Crippen LogP contribution >= 0.6 is 0 Å². The summed E-state index contributed by atoms with van der Waals surface area (Å²) < 4.78 is 32.9. The smallest absolute Gasteiger partial charge is 0.238 e. The number of likely N-dealkylation sites (N-methyl/N-ethyl adjacent to an activating group) is 1. The van der Waals surface area contributed by atoms with E-state index in [1.165, 1.54) is 4.31 Å². The summed E-state index contributed by atoms with van der Waals surface area (Å²) >= 11 is 0. The van der Waals surface area contributed by atoms with Crippen LogP contribution in [0.5, 0.6) is 0 Å². The first kappa shape index (κ1) is 17.8. The zero-order valence-electron chi connectivity index (χ0n) is 14.5. The minimum atomic E-state index is -3.40. The molecule has 1 unspecified atom stereocenters. The van der Waals surface area contributed by atoms with E-state index in [-0.39, 0.29) is 30.8 Å². The van der Waals surface area contributed by atoms with Gasteiger partial charge in [0.05, 0.1) is 24.8 Å². The van der Waals surface area contributed by atoms with Gasteiger partial charge in [0, 0.05) is 37.1 Å². The van der Waals surface area contributed by atoms with Crippen molar-refractivity contribution < 1.29 is 17.6 Å². The van der Waals surface area contributed by atoms with Crippen LogP contribution < -0.4 is 0 Å². The minimum Gasteiger partial charge on any atom is -0.472 e. The van der Waals surface area contributed by atoms with Gasteiger partial charge in [0.1, 0.15) is 6.04 Å². The molecule has 1 amide bonds. The lowest BCUT2D eigenvalue weighted by molar-refractivity contribution is -0.134. The molecule has 136 valence electrons. The Morgan fingerprint density at radius 1 is 1.32 bits per heavy atom. The predicted octanol–water partition coefficient (Wildman–Crippen LogP) is 1.68. The van der Waals surface area contributed by atoms with Crippen molar-refractivity contribution in [3.8, 4) is 0 Å². The normalized spacial score (nSPS) is 17.7. The molecule has 0 aromatic carbocycles. The quantitative estimate of drug-likeness (QED) is 0.781. The standard InChI is InChI=1S/C17H23N3O4S/c1-3-19(25(22,23)4-2)12-16(21)20-10-9-18-8-5-6-15(18)17(20)14-7-11-24-13-14/h5-8,11,13,17H,3-4,9-10,12H2,1-2H3. The largest absolute Gasteiger partial charge is 0.472 e. The molecule has 0 fully saturated rings. The Kier molecular flexibility index (Phi) is 5.01. The summed E-state index contributed by atoms with van der Waals surface area (Å²) in [6, 6.07) is 5.51. The second kappa shape index (κ2) is 7.05. The number of rotatable bonds is 6. The molecule has 7 nitrogen and oxygen atoms in total. The maximum atomic E-state index is 12.9. The lowest BCUT2D eigenvalue weighted by Gasteiger charge is -2.37. The van der Waals surface area contributed by atoms with Crippen LogP contribution in [0.15, 0.2) is 41.3 Å². The molecule has 1 atom stereocenters. The maximum Gasteiger partial charge on any atom is 0.238 e. The number of hydrogen-bond donors (Lipinski definition) is 0. The molecule has 0 N–H and O–H groups in total. The van der Waals surface area contributed by atoms with Gasteiger partial charge in [-0.3, -0.25) is 4.79 Å². The van der Waals surface area contributed by atoms with Crippen molar-refractivity contribution in [3.63, 3.8) is 0 Å². The van der Waals surface area contributed by atoms with Crippen molar-refractivity contribution in [2.45, 2.75) is 26.4 Å². The summed E-state index contributed by atoms with van der Waals surface area (Å²) in [4.78, 5) is 14.7. The molecule has 2 aromatic rings. The van der Waals surface area contributed by atoms with Crippen LogP contribution in [-0.2, 0) is 21.4 Å². The van der Waals surface area contributed by atoms with E-state index in [0.717, 1.165) is 11.3 Å². The molecular weight excluding hydrogens is 342 g/mol. The number of carbonyl (C=O) groups excluding carboxylic acids is 1. The Morgan fingerprint density at radius 2 is 2.12 bits per heavy atom. The molecule has 0 bridgehead atoms. The highest BCUT2D eigenvalue weighted by atomic mass is 32.2. The number of aromatic nitrogens is 1. The van der Waals surface area contributed by atoms with Gasteiger partial charge in [-0.15, -0.1) is 0 Å². The predicted molar refractivity (Wildman–Crippen MR) is 93.4 cm³/mol. The number of amides is 1. The molecule has 3 heterocycles. The molecule has 0 saturated heterocycles. The first-order valence-corrected chi connectivity index (χ1v) is 10.0. The molecule has 1 aliphatic heterocycles. The molecule has 0 radical (unpaired) electrons. The van der Waals surface area contributed by atoms with Crippen LogP contribution in [0, 0.1) is 0 Å². The van der Waals surface area contributed by atoms with Gasteiger partial charge in [-0.05, 0) is 25.1 Å². The lowest BCUT2D eigenvalue weighted by atomic mass is 10.0. The Labute approximate surface area is 147 Å². The fourth-order valence-corrected chi connectivity index (χ4v) is 4.33. The Bertz CT molecular complexity index is 826. The summed E-state index contributed by atoms with van der Waals surface area (Å²) in [5.74, 6) is -0.209. The number of carbonyl (C=O) groups is 1. The topological polar surface area (TPSA) is 75.8 Å². The highest BCUT2D eigenvalue weighted by molar-refractivity contribution is 7.89. The van der Waals surface area contributed by atoms with Gasteiger partial charge in [-0.1, -0.05) is 6.92 Å². The summed E-state index contributed by atoms with van der Waals surface area (Å²) in [6.45, 7) is 4.69. The van der Waals surface area contributed by atoms with Crippen LogP contribution in [-0.4, -0.2) is 53.5 Å². The zero-order valence-corrected chi connectivity index (χ0v) is 15.3. The van der Waals surface area contributed by atoms with Crippen LogP contribution in [0.4, 0.5) is 0 Å². The van der Waals surface area contributed by atoms with Gasteiger partial charge < -0.3 is 13.9 Å². The molecule has 2 aromatic heterocycles. The van der Waals surface area contributed by atoms with Gasteiger partial charge in [-0.25, -0.2) is 8.42 Å². The first-order chi connectivity index (χ1) is 12.0.